The topological polar surface area (TPSA) is 154 Å². The minimum Gasteiger partial charge on any atom is -0.481 e. The van der Waals surface area contributed by atoms with Crippen LogP contribution in [0.1, 0.15) is 45.3 Å². The lowest BCUT2D eigenvalue weighted by molar-refractivity contribution is 0.0141. The van der Waals surface area contributed by atoms with E-state index in [-0.39, 0.29) is 25.6 Å². The van der Waals surface area contributed by atoms with Crippen molar-refractivity contribution in [1.29, 1.82) is 0 Å². The second kappa shape index (κ2) is 13.3. The molecule has 0 aliphatic carbocycles. The fraction of sp³-hybridized carbons (Fsp3) is 0.258. The number of esters is 1. The zero-order valence-electron chi connectivity index (χ0n) is 23.7. The van der Waals surface area contributed by atoms with Gasteiger partial charge in [0, 0.05) is 24.5 Å². The molecule has 0 bridgehead atoms. The highest BCUT2D eigenvalue weighted by molar-refractivity contribution is 6.01. The largest absolute Gasteiger partial charge is 0.481 e. The molecule has 222 valence electrons. The van der Waals surface area contributed by atoms with Crippen LogP contribution in [-0.4, -0.2) is 58.3 Å². The molecule has 0 amide bonds. The smallest absolute Gasteiger partial charge is 0.338 e. The van der Waals surface area contributed by atoms with E-state index in [2.05, 4.69) is 25.4 Å². The number of nitrogens with one attached hydrogen (secondary N) is 1. The van der Waals surface area contributed by atoms with Gasteiger partial charge < -0.3 is 30.5 Å². The van der Waals surface area contributed by atoms with E-state index in [0.717, 1.165) is 5.56 Å². The first-order valence-electron chi connectivity index (χ1n) is 13.6. The van der Waals surface area contributed by atoms with Gasteiger partial charge in [-0.05, 0) is 42.8 Å². The van der Waals surface area contributed by atoms with E-state index in [4.69, 9.17) is 20.0 Å². The molecule has 0 radical (unpaired) electrons. The Morgan fingerprint density at radius 1 is 1.14 bits per heavy atom. The molecular formula is C31H31FN6O5. The van der Waals surface area contributed by atoms with Gasteiger partial charge in [0.25, 0.3) is 0 Å². The molecule has 0 saturated carbocycles. The van der Waals surface area contributed by atoms with Crippen LogP contribution >= 0.6 is 0 Å². The van der Waals surface area contributed by atoms with Gasteiger partial charge >= 0.3 is 5.97 Å². The number of pyridine rings is 1. The van der Waals surface area contributed by atoms with Crippen LogP contribution in [0.4, 0.5) is 10.3 Å². The van der Waals surface area contributed by atoms with E-state index >= 15 is 0 Å². The highest BCUT2D eigenvalue weighted by Gasteiger charge is 2.30. The van der Waals surface area contributed by atoms with Crippen molar-refractivity contribution < 1.29 is 28.6 Å². The van der Waals surface area contributed by atoms with E-state index in [1.165, 1.54) is 19.2 Å². The van der Waals surface area contributed by atoms with Gasteiger partial charge in [0.2, 0.25) is 11.8 Å². The number of benzene rings is 2. The zero-order valence-corrected chi connectivity index (χ0v) is 23.7. The normalized spacial score (nSPS) is 15.7. The number of carbonyl (C=O) groups excluding carboxylic acids is 1. The van der Waals surface area contributed by atoms with Crippen LogP contribution in [-0.2, 0) is 16.0 Å². The predicted octanol–water partition coefficient (Wildman–Crippen LogP) is 3.75. The van der Waals surface area contributed by atoms with Crippen LogP contribution in [0.2, 0.25) is 0 Å². The molecular weight excluding hydrogens is 555 g/mol. The maximum atomic E-state index is 14.5. The van der Waals surface area contributed by atoms with Crippen LogP contribution in [0.3, 0.4) is 0 Å². The quantitative estimate of drug-likeness (QED) is 0.142. The third kappa shape index (κ3) is 7.04. The number of amidine groups is 1. The van der Waals surface area contributed by atoms with Gasteiger partial charge in [-0.3, -0.25) is 0 Å². The molecule has 0 saturated heterocycles. The van der Waals surface area contributed by atoms with Gasteiger partial charge in [-0.2, -0.15) is 0 Å². The van der Waals surface area contributed by atoms with Crippen molar-refractivity contribution in [3.8, 4) is 17.1 Å². The number of nitrogen functional groups attached to an aromatic ring is 1. The Morgan fingerprint density at radius 3 is 2.74 bits per heavy atom. The average molecular weight is 587 g/mol. The van der Waals surface area contributed by atoms with E-state index < -0.39 is 23.9 Å². The molecule has 1 aliphatic heterocycles. The molecule has 2 atom stereocenters. The summed E-state index contributed by atoms with van der Waals surface area (Å²) in [4.78, 5) is 30.9. The van der Waals surface area contributed by atoms with Gasteiger partial charge in [0.05, 0.1) is 47.5 Å². The summed E-state index contributed by atoms with van der Waals surface area (Å²) in [5, 5.41) is 18.0. The van der Waals surface area contributed by atoms with Crippen LogP contribution in [0.15, 0.2) is 71.9 Å². The SMILES string of the molecule is COc1cccc(-c2cc(F)ccc2[C@H]2Cc3nc(N)nc(C)c3/C(=N/OCC[C@H](O)COC(=O)c3ccccc3)N2)n1. The summed E-state index contributed by atoms with van der Waals surface area (Å²) >= 11 is 0. The fourth-order valence-electron chi connectivity index (χ4n) is 4.80. The van der Waals surface area contributed by atoms with Crippen molar-refractivity contribution in [2.24, 2.45) is 5.16 Å². The molecule has 2 aromatic carbocycles. The number of anilines is 1. The van der Waals surface area contributed by atoms with Crippen molar-refractivity contribution in [3.05, 3.63) is 101 Å². The molecule has 5 rings (SSSR count). The Bertz CT molecular complexity index is 1630. The molecule has 4 aromatic rings. The Labute approximate surface area is 247 Å². The third-order valence-corrected chi connectivity index (χ3v) is 6.84. The molecule has 43 heavy (non-hydrogen) atoms. The molecule has 0 unspecified atom stereocenters. The monoisotopic (exact) mass is 586 g/mol. The van der Waals surface area contributed by atoms with Gasteiger partial charge in [0.1, 0.15) is 19.0 Å². The lowest BCUT2D eigenvalue weighted by atomic mass is 9.90. The number of aliphatic hydroxyl groups excluding tert-OH is 1. The lowest BCUT2D eigenvalue weighted by Gasteiger charge is -2.29. The Morgan fingerprint density at radius 2 is 1.95 bits per heavy atom. The number of carbonyl (C=O) groups is 1. The number of methoxy groups -OCH3 is 1. The standard InChI is InChI=1S/C31H31FN6O5/c1-18-28-26(37-31(33)34-18)16-25(22-12-11-20(32)15-23(22)24-9-6-10-27(35-24)41-2)36-29(28)38-43-14-13-21(39)17-42-30(40)19-7-4-3-5-8-19/h3-12,15,21,25,39H,13-14,16-17H2,1-2H3,(H,36,38)(H2,33,34,37)/t21-,25+/m0/s1. The number of aliphatic hydroxyl groups is 1. The number of fused-ring (bicyclic) bond motifs is 1. The highest BCUT2D eigenvalue weighted by Crippen LogP contribution is 2.34. The first-order valence-corrected chi connectivity index (χ1v) is 13.6. The Hall–Kier alpha value is -5.10. The molecule has 0 fully saturated rings. The van der Waals surface area contributed by atoms with Crippen molar-refractivity contribution in [2.75, 3.05) is 26.1 Å². The molecule has 1 aliphatic rings. The summed E-state index contributed by atoms with van der Waals surface area (Å²) in [6.45, 7) is 1.65. The summed E-state index contributed by atoms with van der Waals surface area (Å²) in [7, 11) is 1.52. The maximum Gasteiger partial charge on any atom is 0.338 e. The summed E-state index contributed by atoms with van der Waals surface area (Å²) < 4.78 is 24.9. The van der Waals surface area contributed by atoms with Crippen LogP contribution in [0.5, 0.6) is 5.88 Å². The predicted molar refractivity (Wildman–Crippen MR) is 157 cm³/mol. The summed E-state index contributed by atoms with van der Waals surface area (Å²) in [6.07, 6.45) is -0.374. The van der Waals surface area contributed by atoms with Crippen LogP contribution in [0, 0.1) is 12.7 Å². The number of aromatic nitrogens is 3. The number of rotatable bonds is 10. The van der Waals surface area contributed by atoms with Crippen molar-refractivity contribution in [2.45, 2.75) is 31.9 Å². The van der Waals surface area contributed by atoms with Gasteiger partial charge in [-0.25, -0.2) is 24.1 Å². The Balaban J connectivity index is 1.33. The molecule has 12 heteroatoms. The first kappa shape index (κ1) is 29.4. The summed E-state index contributed by atoms with van der Waals surface area (Å²) in [5.74, 6) is -0.0404. The van der Waals surface area contributed by atoms with Crippen molar-refractivity contribution in [3.63, 3.8) is 0 Å². The number of nitrogens with zero attached hydrogens (tertiary/aromatic N) is 4. The van der Waals surface area contributed by atoms with Gasteiger partial charge in [-0.1, -0.05) is 35.5 Å². The van der Waals surface area contributed by atoms with Gasteiger partial charge in [0.15, 0.2) is 5.84 Å². The van der Waals surface area contributed by atoms with Gasteiger partial charge in [-0.15, -0.1) is 0 Å². The molecule has 3 heterocycles. The zero-order chi connectivity index (χ0) is 30.3. The number of aryl methyl sites for hydroxylation is 1. The maximum absolute atomic E-state index is 14.5. The number of oxime groups is 1. The number of hydrogen-bond donors (Lipinski definition) is 3. The van der Waals surface area contributed by atoms with Crippen LogP contribution in [0.25, 0.3) is 11.3 Å². The van der Waals surface area contributed by atoms with E-state index in [1.807, 2.05) is 0 Å². The second-order valence-corrected chi connectivity index (χ2v) is 9.87. The molecule has 2 aromatic heterocycles. The van der Waals surface area contributed by atoms with E-state index in [0.29, 0.717) is 51.9 Å². The minimum atomic E-state index is -0.950. The number of hydrogen-bond acceptors (Lipinski definition) is 10. The first-order chi connectivity index (χ1) is 20.8. The van der Waals surface area contributed by atoms with E-state index in [1.54, 1.807) is 61.5 Å². The molecule has 0 spiro atoms. The second-order valence-electron chi connectivity index (χ2n) is 9.87. The average Bonchev–Trinajstić information content (AvgIpc) is 3.01. The van der Waals surface area contributed by atoms with Crippen molar-refractivity contribution >= 4 is 17.8 Å². The molecule has 4 N–H and O–H groups in total. The summed E-state index contributed by atoms with van der Waals surface area (Å²) in [6, 6.07) is 17.9. The lowest BCUT2D eigenvalue weighted by Crippen LogP contribution is -2.38. The Kier molecular flexibility index (Phi) is 9.06. The van der Waals surface area contributed by atoms with Crippen LogP contribution < -0.4 is 15.8 Å². The van der Waals surface area contributed by atoms with E-state index in [9.17, 15) is 14.3 Å². The molecule has 11 nitrogen and oxygen atoms in total. The number of ether oxygens (including phenoxy) is 2. The van der Waals surface area contributed by atoms with Crippen molar-refractivity contribution in [1.82, 2.24) is 20.3 Å². The highest BCUT2D eigenvalue weighted by atomic mass is 19.1. The number of nitrogens with two attached hydrogens (primary N) is 1. The minimum absolute atomic E-state index is 0.0413. The fourth-order valence-corrected chi connectivity index (χ4v) is 4.80. The summed E-state index contributed by atoms with van der Waals surface area (Å²) in [5.41, 5.74) is 10.2. The number of halogens is 1. The third-order valence-electron chi connectivity index (χ3n) is 6.84.